The largest absolute Gasteiger partial charge is 0.496 e. The molecule has 1 heterocycles. The zero-order chi connectivity index (χ0) is 18.0. The van der Waals surface area contributed by atoms with Crippen LogP contribution in [0.2, 0.25) is 0 Å². The van der Waals surface area contributed by atoms with Gasteiger partial charge in [-0.25, -0.2) is 14.3 Å². The molecule has 8 nitrogen and oxygen atoms in total. The number of hydrogen-bond donors (Lipinski definition) is 2. The highest BCUT2D eigenvalue weighted by molar-refractivity contribution is 5.91. The van der Waals surface area contributed by atoms with Crippen LogP contribution in [0.25, 0.3) is 0 Å². The Morgan fingerprint density at radius 2 is 2.08 bits per heavy atom. The standard InChI is InChI=1S/C16H19FN4O4/c1-16(15-18-20-21-19-15)5-3-9(4-6-16)25-13-7-10(14(22)23)12(24-2)8-11(13)17/h7-9H,3-6H2,1-2H3,(H,22,23)(H,18,19,20,21). The average Bonchev–Trinajstić information content (AvgIpc) is 3.13. The summed E-state index contributed by atoms with van der Waals surface area (Å²) in [6, 6.07) is 2.20. The summed E-state index contributed by atoms with van der Waals surface area (Å²) in [4.78, 5) is 11.3. The van der Waals surface area contributed by atoms with Crippen molar-refractivity contribution < 1.29 is 23.8 Å². The first-order valence-electron chi connectivity index (χ1n) is 7.94. The Hall–Kier alpha value is -2.71. The number of benzene rings is 1. The van der Waals surface area contributed by atoms with Crippen LogP contribution in [0.1, 0.15) is 48.8 Å². The summed E-state index contributed by atoms with van der Waals surface area (Å²) in [5.74, 6) is -1.22. The Morgan fingerprint density at radius 3 is 2.64 bits per heavy atom. The van der Waals surface area contributed by atoms with Gasteiger partial charge in [-0.2, -0.15) is 0 Å². The zero-order valence-corrected chi connectivity index (χ0v) is 14.0. The van der Waals surface area contributed by atoms with Crippen molar-refractivity contribution in [2.24, 2.45) is 0 Å². The first-order valence-corrected chi connectivity index (χ1v) is 7.94. The van der Waals surface area contributed by atoms with Crippen LogP contribution >= 0.6 is 0 Å². The van der Waals surface area contributed by atoms with Crippen LogP contribution in [0.5, 0.6) is 11.5 Å². The molecule has 1 aromatic carbocycles. The molecule has 0 aliphatic heterocycles. The lowest BCUT2D eigenvalue weighted by Gasteiger charge is -2.35. The number of rotatable bonds is 5. The van der Waals surface area contributed by atoms with Gasteiger partial charge in [0.25, 0.3) is 0 Å². The number of H-pyrrole nitrogens is 1. The molecule has 0 radical (unpaired) electrons. The Labute approximate surface area is 143 Å². The minimum absolute atomic E-state index is 0.0358. The summed E-state index contributed by atoms with van der Waals surface area (Å²) in [5.41, 5.74) is -0.305. The van der Waals surface area contributed by atoms with Gasteiger partial charge in [-0.1, -0.05) is 6.92 Å². The number of nitrogens with one attached hydrogen (secondary N) is 1. The van der Waals surface area contributed by atoms with Gasteiger partial charge >= 0.3 is 5.97 Å². The van der Waals surface area contributed by atoms with Crippen molar-refractivity contribution in [1.82, 2.24) is 20.6 Å². The summed E-state index contributed by atoms with van der Waals surface area (Å²) in [5, 5.41) is 23.2. The van der Waals surface area contributed by atoms with Gasteiger partial charge in [0.2, 0.25) is 0 Å². The first-order chi connectivity index (χ1) is 11.9. The maximum Gasteiger partial charge on any atom is 0.339 e. The number of carboxylic acid groups (broad SMARTS) is 1. The number of methoxy groups -OCH3 is 1. The summed E-state index contributed by atoms with van der Waals surface area (Å²) < 4.78 is 24.8. The van der Waals surface area contributed by atoms with Gasteiger partial charge in [0, 0.05) is 17.5 Å². The molecule has 0 saturated heterocycles. The number of halogens is 1. The molecule has 9 heteroatoms. The predicted molar refractivity (Wildman–Crippen MR) is 84.3 cm³/mol. The fourth-order valence-electron chi connectivity index (χ4n) is 3.14. The molecular formula is C16H19FN4O4. The van der Waals surface area contributed by atoms with Gasteiger partial charge in [0.15, 0.2) is 17.4 Å². The third kappa shape index (κ3) is 3.40. The second-order valence-corrected chi connectivity index (χ2v) is 6.42. The van der Waals surface area contributed by atoms with Crippen molar-refractivity contribution in [1.29, 1.82) is 0 Å². The quantitative estimate of drug-likeness (QED) is 0.851. The molecule has 0 atom stereocenters. The smallest absolute Gasteiger partial charge is 0.339 e. The van der Waals surface area contributed by atoms with Crippen LogP contribution in [0.4, 0.5) is 4.39 Å². The number of aromatic nitrogens is 4. The molecule has 1 fully saturated rings. The molecule has 1 aromatic heterocycles. The molecule has 0 bridgehead atoms. The maximum absolute atomic E-state index is 14.2. The second kappa shape index (κ2) is 6.66. The van der Waals surface area contributed by atoms with E-state index in [4.69, 9.17) is 9.47 Å². The summed E-state index contributed by atoms with van der Waals surface area (Å²) >= 11 is 0. The lowest BCUT2D eigenvalue weighted by atomic mass is 9.74. The fraction of sp³-hybridized carbons (Fsp3) is 0.500. The predicted octanol–water partition coefficient (Wildman–Crippen LogP) is 2.32. The minimum atomic E-state index is -1.20. The second-order valence-electron chi connectivity index (χ2n) is 6.42. The summed E-state index contributed by atoms with van der Waals surface area (Å²) in [6.07, 6.45) is 2.72. The van der Waals surface area contributed by atoms with Gasteiger partial charge in [-0.15, -0.1) is 5.10 Å². The SMILES string of the molecule is COc1cc(F)c(OC2CCC(C)(c3nnn[nH]3)CC2)cc1C(=O)O. The van der Waals surface area contributed by atoms with E-state index >= 15 is 0 Å². The molecule has 0 spiro atoms. The Balaban J connectivity index is 1.72. The van der Waals surface area contributed by atoms with Gasteiger partial charge < -0.3 is 14.6 Å². The van der Waals surface area contributed by atoms with Crippen molar-refractivity contribution in [3.05, 3.63) is 29.3 Å². The van der Waals surface area contributed by atoms with Gasteiger partial charge in [-0.3, -0.25) is 0 Å². The van der Waals surface area contributed by atoms with Crippen LogP contribution in [-0.4, -0.2) is 44.9 Å². The highest BCUT2D eigenvalue weighted by Crippen LogP contribution is 2.39. The third-order valence-corrected chi connectivity index (χ3v) is 4.73. The van der Waals surface area contributed by atoms with E-state index in [1.807, 2.05) is 0 Å². The molecule has 1 saturated carbocycles. The lowest BCUT2D eigenvalue weighted by molar-refractivity contribution is 0.0691. The fourth-order valence-corrected chi connectivity index (χ4v) is 3.14. The van der Waals surface area contributed by atoms with E-state index in [1.54, 1.807) is 0 Å². The van der Waals surface area contributed by atoms with E-state index in [9.17, 15) is 14.3 Å². The van der Waals surface area contributed by atoms with Crippen molar-refractivity contribution in [2.45, 2.75) is 44.1 Å². The summed E-state index contributed by atoms with van der Waals surface area (Å²) in [7, 11) is 1.29. The van der Waals surface area contributed by atoms with Crippen LogP contribution in [-0.2, 0) is 5.41 Å². The molecule has 25 heavy (non-hydrogen) atoms. The van der Waals surface area contributed by atoms with Crippen LogP contribution in [0, 0.1) is 5.82 Å². The van der Waals surface area contributed by atoms with E-state index in [2.05, 4.69) is 27.5 Å². The average molecular weight is 350 g/mol. The minimum Gasteiger partial charge on any atom is -0.496 e. The molecular weight excluding hydrogens is 331 g/mol. The number of tetrazole rings is 1. The van der Waals surface area contributed by atoms with Gasteiger partial charge in [0.1, 0.15) is 11.3 Å². The number of carboxylic acids is 1. The number of aromatic amines is 1. The molecule has 2 N–H and O–H groups in total. The number of ether oxygens (including phenoxy) is 2. The highest BCUT2D eigenvalue weighted by atomic mass is 19.1. The van der Waals surface area contributed by atoms with E-state index in [0.717, 1.165) is 24.7 Å². The number of nitrogens with zero attached hydrogens (tertiary/aromatic N) is 3. The number of hydrogen-bond acceptors (Lipinski definition) is 6. The van der Waals surface area contributed by atoms with Crippen LogP contribution < -0.4 is 9.47 Å². The van der Waals surface area contributed by atoms with E-state index in [0.29, 0.717) is 12.8 Å². The molecule has 1 aliphatic rings. The van der Waals surface area contributed by atoms with E-state index < -0.39 is 11.8 Å². The van der Waals surface area contributed by atoms with Gasteiger partial charge in [0.05, 0.1) is 13.2 Å². The molecule has 3 rings (SSSR count). The van der Waals surface area contributed by atoms with Crippen LogP contribution in [0.3, 0.4) is 0 Å². The molecule has 0 amide bonds. The van der Waals surface area contributed by atoms with Gasteiger partial charge in [-0.05, 0) is 36.1 Å². The number of carbonyl (C=O) groups is 1. The maximum atomic E-state index is 14.2. The molecule has 134 valence electrons. The molecule has 0 unspecified atom stereocenters. The third-order valence-electron chi connectivity index (χ3n) is 4.73. The Kier molecular flexibility index (Phi) is 4.56. The van der Waals surface area contributed by atoms with Crippen molar-refractivity contribution in [2.75, 3.05) is 7.11 Å². The van der Waals surface area contributed by atoms with Crippen molar-refractivity contribution in [3.63, 3.8) is 0 Å². The number of aromatic carboxylic acids is 1. The Bertz CT molecular complexity index is 758. The lowest BCUT2D eigenvalue weighted by Crippen LogP contribution is -2.34. The molecule has 2 aromatic rings. The highest BCUT2D eigenvalue weighted by Gasteiger charge is 2.36. The Morgan fingerprint density at radius 1 is 1.36 bits per heavy atom. The van der Waals surface area contributed by atoms with Crippen molar-refractivity contribution in [3.8, 4) is 11.5 Å². The summed E-state index contributed by atoms with van der Waals surface area (Å²) in [6.45, 7) is 2.07. The van der Waals surface area contributed by atoms with E-state index in [1.165, 1.54) is 13.2 Å². The van der Waals surface area contributed by atoms with E-state index in [-0.39, 0.29) is 28.6 Å². The monoisotopic (exact) mass is 350 g/mol. The topological polar surface area (TPSA) is 110 Å². The normalized spacial score (nSPS) is 23.2. The van der Waals surface area contributed by atoms with Crippen molar-refractivity contribution >= 4 is 5.97 Å². The zero-order valence-electron chi connectivity index (χ0n) is 14.0. The molecule has 1 aliphatic carbocycles. The first kappa shape index (κ1) is 17.1. The van der Waals surface area contributed by atoms with Crippen LogP contribution in [0.15, 0.2) is 12.1 Å².